The molecule has 11 nitrogen and oxygen atoms in total. The predicted octanol–water partition coefficient (Wildman–Crippen LogP) is 4.57. The molecule has 6 rings (SSSR count). The second kappa shape index (κ2) is 16.9. The number of fused-ring (bicyclic) bond motifs is 1. The Hall–Kier alpha value is -4.91. The molecular weight excluding hydrogens is 658 g/mol. The van der Waals surface area contributed by atoms with Crippen LogP contribution in [0.1, 0.15) is 66.7 Å². The van der Waals surface area contributed by atoms with Gasteiger partial charge in [0, 0.05) is 36.6 Å². The maximum Gasteiger partial charge on any atom is 0.290 e. The molecule has 4 atom stereocenters. The predicted molar refractivity (Wildman–Crippen MR) is 191 cm³/mol. The summed E-state index contributed by atoms with van der Waals surface area (Å²) >= 11 is 0. The quantitative estimate of drug-likeness (QED) is 0.262. The van der Waals surface area contributed by atoms with E-state index >= 15 is 0 Å². The van der Waals surface area contributed by atoms with Crippen LogP contribution in [0.2, 0.25) is 0 Å². The molecule has 2 aromatic carbocycles. The summed E-state index contributed by atoms with van der Waals surface area (Å²) in [4.78, 5) is 58.2. The molecule has 3 aromatic rings. The van der Waals surface area contributed by atoms with Gasteiger partial charge in [0.15, 0.2) is 0 Å². The van der Waals surface area contributed by atoms with Crippen molar-refractivity contribution in [2.75, 3.05) is 45.2 Å². The van der Waals surface area contributed by atoms with Crippen LogP contribution in [0.3, 0.4) is 0 Å². The van der Waals surface area contributed by atoms with E-state index in [2.05, 4.69) is 69.9 Å². The summed E-state index contributed by atoms with van der Waals surface area (Å²) in [6.45, 7) is 2.91. The first-order valence-electron chi connectivity index (χ1n) is 17.4. The van der Waals surface area contributed by atoms with E-state index in [9.17, 15) is 23.2 Å². The van der Waals surface area contributed by atoms with E-state index < -0.39 is 48.3 Å². The van der Waals surface area contributed by atoms with E-state index in [1.807, 2.05) is 6.92 Å². The number of piperidine rings is 1. The summed E-state index contributed by atoms with van der Waals surface area (Å²) in [6, 6.07) is 12.5. The number of pyridine rings is 1. The fourth-order valence-electron chi connectivity index (χ4n) is 6.69. The van der Waals surface area contributed by atoms with Crippen LogP contribution in [0.4, 0.5) is 14.5 Å². The lowest BCUT2D eigenvalue weighted by Crippen LogP contribution is -2.49. The van der Waals surface area contributed by atoms with Gasteiger partial charge in [-0.2, -0.15) is 0 Å². The van der Waals surface area contributed by atoms with Crippen LogP contribution in [0, 0.1) is 11.7 Å². The lowest BCUT2D eigenvalue weighted by molar-refractivity contribution is -0.138. The average Bonchev–Trinajstić information content (AvgIpc) is 3.87. The summed E-state index contributed by atoms with van der Waals surface area (Å²) in [7, 11) is 4.23. The summed E-state index contributed by atoms with van der Waals surface area (Å²) < 4.78 is 28.2. The highest BCUT2D eigenvalue weighted by atomic mass is 19.1. The van der Waals surface area contributed by atoms with Gasteiger partial charge in [-0.05, 0) is 100 Å². The second-order valence-electron chi connectivity index (χ2n) is 13.7. The number of aromatic nitrogens is 1. The van der Waals surface area contributed by atoms with Crippen LogP contribution in [0.25, 0.3) is 17.0 Å². The van der Waals surface area contributed by atoms with Crippen molar-refractivity contribution in [3.8, 4) is 0 Å². The maximum atomic E-state index is 14.7. The number of carboxylic acid groups (broad SMARTS) is 1. The number of carbonyl (C=O) groups excluding carboxylic acids is 3. The fraction of sp³-hybridized carbons (Fsp3) is 0.447. The Balaban J connectivity index is 0.00000162. The van der Waals surface area contributed by atoms with Gasteiger partial charge >= 0.3 is 0 Å². The summed E-state index contributed by atoms with van der Waals surface area (Å²) in [6.07, 6.45) is 7.51. The van der Waals surface area contributed by atoms with Gasteiger partial charge in [0.25, 0.3) is 12.4 Å². The number of hydrogen-bond acceptors (Lipinski definition) is 7. The Morgan fingerprint density at radius 1 is 1.08 bits per heavy atom. The van der Waals surface area contributed by atoms with Crippen molar-refractivity contribution in [2.24, 2.45) is 5.92 Å². The molecule has 3 amide bonds. The molecule has 13 heteroatoms. The first-order chi connectivity index (χ1) is 24.5. The molecule has 272 valence electrons. The number of nitrogens with zero attached hydrogens (tertiary/aromatic N) is 4. The Kier molecular flexibility index (Phi) is 12.4. The Morgan fingerprint density at radius 3 is 2.57 bits per heavy atom. The Labute approximate surface area is 296 Å². The van der Waals surface area contributed by atoms with Gasteiger partial charge in [-0.1, -0.05) is 24.3 Å². The number of allylic oxidation sites excluding steroid dienone is 1. The lowest BCUT2D eigenvalue weighted by atomic mass is 9.97. The molecule has 1 unspecified atom stereocenters. The number of carbonyl (C=O) groups is 4. The van der Waals surface area contributed by atoms with Gasteiger partial charge in [0.05, 0.1) is 24.6 Å². The molecule has 3 aliphatic rings. The number of likely N-dealkylation sites (N-methyl/N-ethyl adjacent to an activating group) is 1. The molecule has 3 fully saturated rings. The van der Waals surface area contributed by atoms with Crippen LogP contribution in [0.5, 0.6) is 0 Å². The van der Waals surface area contributed by atoms with Crippen molar-refractivity contribution in [1.29, 1.82) is 0 Å². The van der Waals surface area contributed by atoms with E-state index in [1.165, 1.54) is 42.0 Å². The number of hydrogen-bond donors (Lipinski definition) is 3. The summed E-state index contributed by atoms with van der Waals surface area (Å²) in [5, 5.41) is 13.0. The molecule has 1 saturated carbocycles. The van der Waals surface area contributed by atoms with Crippen LogP contribution in [0.15, 0.2) is 54.6 Å². The van der Waals surface area contributed by atoms with E-state index in [4.69, 9.17) is 9.90 Å². The third-order valence-corrected chi connectivity index (χ3v) is 9.71. The lowest BCUT2D eigenvalue weighted by Gasteiger charge is -2.38. The fourth-order valence-corrected chi connectivity index (χ4v) is 6.69. The minimum Gasteiger partial charge on any atom is -0.483 e. The third-order valence-electron chi connectivity index (χ3n) is 9.71. The van der Waals surface area contributed by atoms with Crippen LogP contribution in [-0.4, -0.2) is 103 Å². The van der Waals surface area contributed by atoms with Crippen LogP contribution < -0.4 is 15.5 Å². The third kappa shape index (κ3) is 9.66. The highest BCUT2D eigenvalue weighted by Crippen LogP contribution is 2.33. The van der Waals surface area contributed by atoms with Crippen molar-refractivity contribution in [3.05, 3.63) is 77.2 Å². The second-order valence-corrected chi connectivity index (χ2v) is 13.7. The molecular formula is C38H46F2N6O5. The van der Waals surface area contributed by atoms with Gasteiger partial charge < -0.3 is 30.4 Å². The summed E-state index contributed by atoms with van der Waals surface area (Å²) in [5.41, 5.74) is 3.59. The zero-order valence-electron chi connectivity index (χ0n) is 29.2. The Morgan fingerprint density at radius 2 is 1.84 bits per heavy atom. The van der Waals surface area contributed by atoms with Crippen LogP contribution >= 0.6 is 0 Å². The minimum absolute atomic E-state index is 0.0605. The maximum absolute atomic E-state index is 14.7. The first kappa shape index (κ1) is 37.3. The van der Waals surface area contributed by atoms with Gasteiger partial charge in [0.2, 0.25) is 11.8 Å². The largest absolute Gasteiger partial charge is 0.483 e. The van der Waals surface area contributed by atoms with E-state index in [0.717, 1.165) is 42.7 Å². The van der Waals surface area contributed by atoms with Gasteiger partial charge in [-0.15, -0.1) is 0 Å². The van der Waals surface area contributed by atoms with Gasteiger partial charge in [-0.25, -0.2) is 13.8 Å². The molecule has 0 radical (unpaired) electrons. The van der Waals surface area contributed by atoms with Crippen LogP contribution in [-0.2, 0) is 14.4 Å². The molecule has 3 heterocycles. The monoisotopic (exact) mass is 704 g/mol. The number of benzene rings is 2. The zero-order valence-corrected chi connectivity index (χ0v) is 29.2. The molecule has 1 aliphatic carbocycles. The van der Waals surface area contributed by atoms with E-state index in [-0.39, 0.29) is 25.1 Å². The molecule has 0 bridgehead atoms. The molecule has 1 aromatic heterocycles. The van der Waals surface area contributed by atoms with E-state index in [1.54, 1.807) is 6.07 Å². The number of nitrogens with one attached hydrogen (secondary N) is 2. The van der Waals surface area contributed by atoms with Crippen molar-refractivity contribution in [3.63, 3.8) is 0 Å². The number of alkyl halides is 1. The smallest absolute Gasteiger partial charge is 0.290 e. The average molecular weight is 705 g/mol. The first-order valence-corrected chi connectivity index (χ1v) is 17.4. The minimum atomic E-state index is -1.36. The molecule has 2 aliphatic heterocycles. The number of amides is 3. The molecule has 2 saturated heterocycles. The molecule has 51 heavy (non-hydrogen) atoms. The van der Waals surface area contributed by atoms with Crippen molar-refractivity contribution >= 4 is 46.9 Å². The van der Waals surface area contributed by atoms with E-state index in [0.29, 0.717) is 22.9 Å². The van der Waals surface area contributed by atoms with Crippen molar-refractivity contribution in [1.82, 2.24) is 25.4 Å². The number of rotatable bonds is 10. The Bertz CT molecular complexity index is 1770. The van der Waals surface area contributed by atoms with Crippen molar-refractivity contribution < 1.29 is 33.1 Å². The highest BCUT2D eigenvalue weighted by molar-refractivity contribution is 5.97. The topological polar surface area (TPSA) is 135 Å². The number of anilines is 1. The number of likely N-dealkylation sites (tertiary alicyclic amines) is 1. The zero-order chi connectivity index (χ0) is 36.7. The standard InChI is InChI=1S/C37H44F2N6O3.CH2O2/c1-23(31-19-29(13-10-25(31)9-8-24-6-7-24)44-16-4-5-30(22-44)43(2)3)41-37(48)34-18-28(39)21-45(34)35(46)20-40-36(47)33-14-11-26-17-27(38)12-15-32(26)42-33;2-1-3/h8-15,17,19,23-24,28,30,34H,4-7,16,18,20-22H2,1-3H3,(H,40,47)(H,41,48);1H,(H,2,3)/b9-8+;/t23-,28+,30-,34?;/m0./s1. The molecule has 3 N–H and O–H groups in total. The SMILES string of the molecule is C[C@H](NC(=O)C1C[C@@H](F)CN1C(=O)CNC(=O)c1ccc2cc(F)ccc2n1)c1cc(N2CCC[C@H](N(C)C)C2)ccc1/C=C/C1CC1.O=CO. The van der Waals surface area contributed by atoms with Crippen molar-refractivity contribution in [2.45, 2.75) is 63.3 Å². The van der Waals surface area contributed by atoms with Gasteiger partial charge in [-0.3, -0.25) is 19.2 Å². The summed E-state index contributed by atoms with van der Waals surface area (Å²) in [5.74, 6) is -1.41. The number of halogens is 2. The molecule has 0 spiro atoms. The normalized spacial score (nSPS) is 20.9. The van der Waals surface area contributed by atoms with Gasteiger partial charge in [0.1, 0.15) is 23.7 Å². The highest BCUT2D eigenvalue weighted by Gasteiger charge is 2.40.